The molecule has 3 N–H and O–H groups in total. The molecule has 0 unspecified atom stereocenters. The van der Waals surface area contributed by atoms with E-state index in [0.29, 0.717) is 0 Å². The van der Waals surface area contributed by atoms with Crippen LogP contribution < -0.4 is 11.1 Å². The highest BCUT2D eigenvalue weighted by Gasteiger charge is 2.00. The molecular weight excluding hydrogens is 234 g/mol. The summed E-state index contributed by atoms with van der Waals surface area (Å²) in [6, 6.07) is 6.13. The SMILES string of the molecule is CCN(CC)CCNc1ccc(C)cc1N.Cl. The Morgan fingerprint density at radius 2 is 1.88 bits per heavy atom. The van der Waals surface area contributed by atoms with E-state index in [1.165, 1.54) is 5.56 Å². The third-order valence-corrected chi connectivity index (χ3v) is 2.84. The van der Waals surface area contributed by atoms with Crippen LogP contribution in [0, 0.1) is 6.92 Å². The number of nitrogens with zero attached hydrogens (tertiary/aromatic N) is 1. The Bertz CT molecular complexity index is 324. The van der Waals surface area contributed by atoms with Crippen LogP contribution >= 0.6 is 12.4 Å². The molecule has 0 spiro atoms. The molecule has 0 radical (unpaired) electrons. The average Bonchev–Trinajstić information content (AvgIpc) is 2.27. The van der Waals surface area contributed by atoms with Crippen molar-refractivity contribution in [2.45, 2.75) is 20.8 Å². The number of rotatable bonds is 6. The summed E-state index contributed by atoms with van der Waals surface area (Å²) in [5.74, 6) is 0. The molecule has 0 saturated heterocycles. The second-order valence-corrected chi connectivity index (χ2v) is 4.04. The van der Waals surface area contributed by atoms with Crippen molar-refractivity contribution in [3.05, 3.63) is 23.8 Å². The molecule has 1 aromatic carbocycles. The number of benzene rings is 1. The predicted octanol–water partition coefficient (Wildman–Crippen LogP) is 2.75. The minimum absolute atomic E-state index is 0. The molecule has 0 heterocycles. The standard InChI is InChI=1S/C13H23N3.ClH/c1-4-16(5-2)9-8-15-13-7-6-11(3)10-12(13)14;/h6-7,10,15H,4-5,8-9,14H2,1-3H3;1H. The lowest BCUT2D eigenvalue weighted by molar-refractivity contribution is 0.316. The number of nitrogens with one attached hydrogen (secondary N) is 1. The van der Waals surface area contributed by atoms with Gasteiger partial charge < -0.3 is 16.0 Å². The van der Waals surface area contributed by atoms with E-state index >= 15 is 0 Å². The second-order valence-electron chi connectivity index (χ2n) is 4.04. The molecule has 0 fully saturated rings. The summed E-state index contributed by atoms with van der Waals surface area (Å²) in [6.07, 6.45) is 0. The smallest absolute Gasteiger partial charge is 0.0574 e. The van der Waals surface area contributed by atoms with Gasteiger partial charge in [-0.15, -0.1) is 12.4 Å². The van der Waals surface area contributed by atoms with Gasteiger partial charge in [0.25, 0.3) is 0 Å². The van der Waals surface area contributed by atoms with E-state index in [9.17, 15) is 0 Å². The van der Waals surface area contributed by atoms with Crippen molar-refractivity contribution in [3.63, 3.8) is 0 Å². The number of nitrogen functional groups attached to an aromatic ring is 1. The van der Waals surface area contributed by atoms with Gasteiger partial charge in [0, 0.05) is 13.1 Å². The van der Waals surface area contributed by atoms with Crippen molar-refractivity contribution in [3.8, 4) is 0 Å². The lowest BCUT2D eigenvalue weighted by Gasteiger charge is -2.19. The third kappa shape index (κ3) is 5.29. The second kappa shape index (κ2) is 8.20. The first-order valence-electron chi connectivity index (χ1n) is 5.99. The molecule has 0 saturated carbocycles. The van der Waals surface area contributed by atoms with Crippen molar-refractivity contribution in [2.24, 2.45) is 0 Å². The molecule has 0 aliphatic rings. The highest BCUT2D eigenvalue weighted by molar-refractivity contribution is 5.85. The molecule has 0 atom stereocenters. The first-order chi connectivity index (χ1) is 7.67. The maximum Gasteiger partial charge on any atom is 0.0574 e. The number of likely N-dealkylation sites (N-methyl/N-ethyl adjacent to an activating group) is 1. The molecule has 4 heteroatoms. The summed E-state index contributed by atoms with van der Waals surface area (Å²) in [7, 11) is 0. The zero-order valence-corrected chi connectivity index (χ0v) is 11.8. The quantitative estimate of drug-likeness (QED) is 0.770. The number of hydrogen-bond acceptors (Lipinski definition) is 3. The highest BCUT2D eigenvalue weighted by Crippen LogP contribution is 2.18. The minimum atomic E-state index is 0. The van der Waals surface area contributed by atoms with E-state index in [2.05, 4.69) is 37.1 Å². The van der Waals surface area contributed by atoms with Gasteiger partial charge in [-0.05, 0) is 37.7 Å². The molecule has 3 nitrogen and oxygen atoms in total. The molecule has 0 aliphatic heterocycles. The molecule has 0 aliphatic carbocycles. The van der Waals surface area contributed by atoms with Crippen LogP contribution in [0.1, 0.15) is 19.4 Å². The van der Waals surface area contributed by atoms with Crippen molar-refractivity contribution < 1.29 is 0 Å². The summed E-state index contributed by atoms with van der Waals surface area (Å²) < 4.78 is 0. The molecule has 17 heavy (non-hydrogen) atoms. The first-order valence-corrected chi connectivity index (χ1v) is 5.99. The molecule has 0 aromatic heterocycles. The van der Waals surface area contributed by atoms with Crippen LogP contribution in [0.5, 0.6) is 0 Å². The Hall–Kier alpha value is -0.930. The van der Waals surface area contributed by atoms with Gasteiger partial charge in [0.1, 0.15) is 0 Å². The molecule has 0 bridgehead atoms. The third-order valence-electron chi connectivity index (χ3n) is 2.84. The van der Waals surface area contributed by atoms with E-state index in [4.69, 9.17) is 5.73 Å². The Morgan fingerprint density at radius 3 is 2.41 bits per heavy atom. The van der Waals surface area contributed by atoms with Crippen molar-refractivity contribution in [1.29, 1.82) is 0 Å². The Balaban J connectivity index is 0.00000256. The zero-order chi connectivity index (χ0) is 12.0. The fraction of sp³-hybridized carbons (Fsp3) is 0.538. The number of halogens is 1. The van der Waals surface area contributed by atoms with Crippen LogP contribution in [0.25, 0.3) is 0 Å². The molecule has 1 rings (SSSR count). The monoisotopic (exact) mass is 257 g/mol. The molecule has 98 valence electrons. The van der Waals surface area contributed by atoms with Gasteiger partial charge in [-0.25, -0.2) is 0 Å². The topological polar surface area (TPSA) is 41.3 Å². The van der Waals surface area contributed by atoms with Crippen LogP contribution in [0.15, 0.2) is 18.2 Å². The Kier molecular flexibility index (Phi) is 7.75. The van der Waals surface area contributed by atoms with Crippen molar-refractivity contribution in [2.75, 3.05) is 37.2 Å². The number of aryl methyl sites for hydroxylation is 1. The maximum atomic E-state index is 5.93. The zero-order valence-electron chi connectivity index (χ0n) is 11.0. The average molecular weight is 258 g/mol. The fourth-order valence-corrected chi connectivity index (χ4v) is 1.73. The maximum absolute atomic E-state index is 5.93. The summed E-state index contributed by atoms with van der Waals surface area (Å²) in [5.41, 5.74) is 9.00. The normalized spacial score (nSPS) is 10.1. The van der Waals surface area contributed by atoms with Gasteiger partial charge in [-0.1, -0.05) is 19.9 Å². The lowest BCUT2D eigenvalue weighted by Crippen LogP contribution is -2.28. The van der Waals surface area contributed by atoms with E-state index in [1.807, 2.05) is 12.1 Å². The summed E-state index contributed by atoms with van der Waals surface area (Å²) >= 11 is 0. The lowest BCUT2D eigenvalue weighted by atomic mass is 10.2. The summed E-state index contributed by atoms with van der Waals surface area (Å²) in [4.78, 5) is 2.39. The molecule has 0 amide bonds. The Morgan fingerprint density at radius 1 is 1.24 bits per heavy atom. The largest absolute Gasteiger partial charge is 0.397 e. The van der Waals surface area contributed by atoms with Crippen molar-refractivity contribution >= 4 is 23.8 Å². The van der Waals surface area contributed by atoms with E-state index in [1.54, 1.807) is 0 Å². The Labute approximate surface area is 111 Å². The van der Waals surface area contributed by atoms with Gasteiger partial charge in [0.15, 0.2) is 0 Å². The number of anilines is 2. The van der Waals surface area contributed by atoms with Crippen LogP contribution in [0.2, 0.25) is 0 Å². The fourth-order valence-electron chi connectivity index (χ4n) is 1.73. The van der Waals surface area contributed by atoms with Gasteiger partial charge >= 0.3 is 0 Å². The van der Waals surface area contributed by atoms with Crippen molar-refractivity contribution in [1.82, 2.24) is 4.90 Å². The van der Waals surface area contributed by atoms with Gasteiger partial charge in [-0.2, -0.15) is 0 Å². The minimum Gasteiger partial charge on any atom is -0.397 e. The predicted molar refractivity (Wildman–Crippen MR) is 79.1 cm³/mol. The van der Waals surface area contributed by atoms with Gasteiger partial charge in [-0.3, -0.25) is 0 Å². The molecule has 1 aromatic rings. The highest BCUT2D eigenvalue weighted by atomic mass is 35.5. The number of nitrogens with two attached hydrogens (primary N) is 1. The summed E-state index contributed by atoms with van der Waals surface area (Å²) in [5, 5.41) is 3.37. The molecular formula is C13H24ClN3. The van der Waals surface area contributed by atoms with E-state index in [-0.39, 0.29) is 12.4 Å². The first kappa shape index (κ1) is 16.1. The van der Waals surface area contributed by atoms with E-state index < -0.39 is 0 Å². The van der Waals surface area contributed by atoms with Gasteiger partial charge in [0.2, 0.25) is 0 Å². The van der Waals surface area contributed by atoms with Crippen LogP contribution in [-0.2, 0) is 0 Å². The van der Waals surface area contributed by atoms with Gasteiger partial charge in [0.05, 0.1) is 11.4 Å². The van der Waals surface area contributed by atoms with Crippen LogP contribution in [0.4, 0.5) is 11.4 Å². The number of hydrogen-bond donors (Lipinski definition) is 2. The summed E-state index contributed by atoms with van der Waals surface area (Å²) in [6.45, 7) is 10.6. The van der Waals surface area contributed by atoms with E-state index in [0.717, 1.165) is 37.6 Å². The van der Waals surface area contributed by atoms with Crippen LogP contribution in [-0.4, -0.2) is 31.1 Å². The van der Waals surface area contributed by atoms with Crippen LogP contribution in [0.3, 0.4) is 0 Å².